The van der Waals surface area contributed by atoms with Crippen LogP contribution in [-0.4, -0.2) is 21.2 Å². The molecule has 0 unspecified atom stereocenters. The Labute approximate surface area is 87.6 Å². The van der Waals surface area contributed by atoms with Crippen LogP contribution < -0.4 is 16.7 Å². The molecule has 0 amide bonds. The van der Waals surface area contributed by atoms with E-state index in [1.165, 1.54) is 4.57 Å². The third-order valence-electron chi connectivity index (χ3n) is 2.08. The summed E-state index contributed by atoms with van der Waals surface area (Å²) in [6, 6.07) is 0. The fourth-order valence-corrected chi connectivity index (χ4v) is 1.34. The molecule has 1 aromatic rings. The first-order chi connectivity index (χ1) is 6.79. The van der Waals surface area contributed by atoms with Crippen molar-refractivity contribution in [2.24, 2.45) is 7.05 Å². The number of hydrogen-bond donors (Lipinski definition) is 1. The summed E-state index contributed by atoms with van der Waals surface area (Å²) in [6.07, 6.45) is 0. The molecular formula is C9H16N4O2. The van der Waals surface area contributed by atoms with Gasteiger partial charge in [-0.15, -0.1) is 0 Å². The first-order valence-electron chi connectivity index (χ1n) is 4.67. The molecule has 6 nitrogen and oxygen atoms in total. The van der Waals surface area contributed by atoms with Crippen LogP contribution in [0, 0.1) is 0 Å². The minimum absolute atomic E-state index is 0.269. The minimum Gasteiger partial charge on any atom is -0.358 e. The second-order valence-electron chi connectivity index (χ2n) is 4.32. The molecule has 0 saturated carbocycles. The monoisotopic (exact) mass is 212 g/mol. The van der Waals surface area contributed by atoms with Crippen molar-refractivity contribution in [2.45, 2.75) is 26.3 Å². The van der Waals surface area contributed by atoms with Crippen LogP contribution in [0.5, 0.6) is 0 Å². The second kappa shape index (κ2) is 3.52. The second-order valence-corrected chi connectivity index (χ2v) is 4.32. The normalized spacial score (nSPS) is 11.5. The third kappa shape index (κ3) is 1.93. The fraction of sp³-hybridized carbons (Fsp3) is 0.667. The van der Waals surface area contributed by atoms with Crippen molar-refractivity contribution >= 4 is 5.95 Å². The lowest BCUT2D eigenvalue weighted by molar-refractivity contribution is 0.350. The molecule has 1 heterocycles. The molecule has 0 fully saturated rings. The van der Waals surface area contributed by atoms with Gasteiger partial charge in [-0.2, -0.15) is 4.98 Å². The van der Waals surface area contributed by atoms with Gasteiger partial charge in [0.2, 0.25) is 5.95 Å². The predicted molar refractivity (Wildman–Crippen MR) is 58.3 cm³/mol. The number of nitrogens with zero attached hydrogens (tertiary/aromatic N) is 3. The molecule has 6 heteroatoms. The molecule has 0 aliphatic rings. The molecule has 0 spiro atoms. The van der Waals surface area contributed by atoms with Crippen LogP contribution in [0.15, 0.2) is 9.59 Å². The van der Waals surface area contributed by atoms with E-state index in [0.717, 1.165) is 4.57 Å². The van der Waals surface area contributed by atoms with E-state index in [9.17, 15) is 9.59 Å². The van der Waals surface area contributed by atoms with Gasteiger partial charge < -0.3 is 5.32 Å². The van der Waals surface area contributed by atoms with Crippen molar-refractivity contribution in [1.29, 1.82) is 0 Å². The Hall–Kier alpha value is -1.59. The number of aromatic nitrogens is 3. The van der Waals surface area contributed by atoms with Gasteiger partial charge in [-0.25, -0.2) is 14.2 Å². The summed E-state index contributed by atoms with van der Waals surface area (Å²) in [5, 5.41) is 2.69. The topological polar surface area (TPSA) is 68.9 Å². The Kier molecular flexibility index (Phi) is 2.70. The van der Waals surface area contributed by atoms with E-state index in [1.807, 2.05) is 0 Å². The van der Waals surface area contributed by atoms with E-state index in [4.69, 9.17) is 0 Å². The summed E-state index contributed by atoms with van der Waals surface area (Å²) in [7, 11) is 3.19. The minimum atomic E-state index is -0.564. The molecule has 0 aliphatic carbocycles. The fourth-order valence-electron chi connectivity index (χ4n) is 1.34. The number of anilines is 1. The maximum absolute atomic E-state index is 11.9. The van der Waals surface area contributed by atoms with Crippen molar-refractivity contribution in [1.82, 2.24) is 14.1 Å². The molecule has 0 atom stereocenters. The molecule has 1 N–H and O–H groups in total. The molecule has 0 aromatic carbocycles. The summed E-state index contributed by atoms with van der Waals surface area (Å²) in [4.78, 5) is 27.3. The molecular weight excluding hydrogens is 196 g/mol. The van der Waals surface area contributed by atoms with Crippen LogP contribution in [0.3, 0.4) is 0 Å². The zero-order chi connectivity index (χ0) is 11.8. The molecule has 0 saturated heterocycles. The smallest absolute Gasteiger partial charge is 0.355 e. The van der Waals surface area contributed by atoms with Gasteiger partial charge in [-0.1, -0.05) is 0 Å². The average molecular weight is 212 g/mol. The first-order valence-corrected chi connectivity index (χ1v) is 4.67. The maximum atomic E-state index is 11.9. The summed E-state index contributed by atoms with van der Waals surface area (Å²) < 4.78 is 2.44. The predicted octanol–water partition coefficient (Wildman–Crippen LogP) is -0.261. The van der Waals surface area contributed by atoms with Crippen LogP contribution in [0.4, 0.5) is 5.95 Å². The van der Waals surface area contributed by atoms with Crippen LogP contribution in [-0.2, 0) is 12.6 Å². The average Bonchev–Trinajstić information content (AvgIpc) is 2.09. The van der Waals surface area contributed by atoms with Crippen LogP contribution in [0.1, 0.15) is 20.8 Å². The molecule has 1 aromatic heterocycles. The standard InChI is InChI=1S/C9H16N4O2/c1-9(2,3)13-7(14)11-6(10-4)12(5)8(13)15/h1-5H3,(H,10,11,14). The Morgan fingerprint density at radius 3 is 2.20 bits per heavy atom. The van der Waals surface area contributed by atoms with Gasteiger partial charge in [-0.05, 0) is 20.8 Å². The summed E-state index contributed by atoms with van der Waals surface area (Å²) >= 11 is 0. The van der Waals surface area contributed by atoms with Crippen molar-refractivity contribution in [3.05, 3.63) is 21.0 Å². The third-order valence-corrected chi connectivity index (χ3v) is 2.08. The number of nitrogens with one attached hydrogen (secondary N) is 1. The van der Waals surface area contributed by atoms with Crippen LogP contribution in [0.2, 0.25) is 0 Å². The Morgan fingerprint density at radius 2 is 1.80 bits per heavy atom. The zero-order valence-electron chi connectivity index (χ0n) is 9.66. The quantitative estimate of drug-likeness (QED) is 0.696. The number of rotatable bonds is 1. The summed E-state index contributed by atoms with van der Waals surface area (Å²) in [5.74, 6) is 0.269. The molecule has 1 rings (SSSR count). The van der Waals surface area contributed by atoms with Crippen molar-refractivity contribution in [3.8, 4) is 0 Å². The highest BCUT2D eigenvalue weighted by Gasteiger charge is 2.20. The lowest BCUT2D eigenvalue weighted by Crippen LogP contribution is -2.48. The van der Waals surface area contributed by atoms with E-state index >= 15 is 0 Å². The van der Waals surface area contributed by atoms with E-state index in [-0.39, 0.29) is 11.6 Å². The Bertz CT molecular complexity index is 478. The van der Waals surface area contributed by atoms with Gasteiger partial charge in [-0.3, -0.25) is 4.57 Å². The van der Waals surface area contributed by atoms with E-state index < -0.39 is 11.2 Å². The molecule has 15 heavy (non-hydrogen) atoms. The van der Waals surface area contributed by atoms with Crippen molar-refractivity contribution in [3.63, 3.8) is 0 Å². The van der Waals surface area contributed by atoms with Crippen molar-refractivity contribution in [2.75, 3.05) is 12.4 Å². The van der Waals surface area contributed by atoms with Gasteiger partial charge in [0.1, 0.15) is 0 Å². The maximum Gasteiger partial charge on any atom is 0.355 e. The van der Waals surface area contributed by atoms with Crippen LogP contribution in [0.25, 0.3) is 0 Å². The molecule has 0 aliphatic heterocycles. The lowest BCUT2D eigenvalue weighted by atomic mass is 10.1. The summed E-state index contributed by atoms with van der Waals surface area (Å²) in [5.41, 5.74) is -1.47. The van der Waals surface area contributed by atoms with Gasteiger partial charge >= 0.3 is 11.4 Å². The molecule has 0 bridgehead atoms. The van der Waals surface area contributed by atoms with Gasteiger partial charge in [0, 0.05) is 19.6 Å². The van der Waals surface area contributed by atoms with E-state index in [1.54, 1.807) is 34.9 Å². The SMILES string of the molecule is CNc1nc(=O)n(C(C)(C)C)c(=O)n1C. The van der Waals surface area contributed by atoms with Crippen LogP contribution >= 0.6 is 0 Å². The van der Waals surface area contributed by atoms with Gasteiger partial charge in [0.05, 0.1) is 0 Å². The highest BCUT2D eigenvalue weighted by Crippen LogP contribution is 2.07. The number of hydrogen-bond acceptors (Lipinski definition) is 4. The van der Waals surface area contributed by atoms with Gasteiger partial charge in [0.25, 0.3) is 0 Å². The van der Waals surface area contributed by atoms with Crippen molar-refractivity contribution < 1.29 is 0 Å². The first kappa shape index (κ1) is 11.5. The van der Waals surface area contributed by atoms with E-state index in [0.29, 0.717) is 0 Å². The largest absolute Gasteiger partial charge is 0.358 e. The van der Waals surface area contributed by atoms with E-state index in [2.05, 4.69) is 10.3 Å². The highest BCUT2D eigenvalue weighted by molar-refractivity contribution is 5.21. The molecule has 0 radical (unpaired) electrons. The van der Waals surface area contributed by atoms with Gasteiger partial charge in [0.15, 0.2) is 0 Å². The summed E-state index contributed by atoms with van der Waals surface area (Å²) in [6.45, 7) is 5.36. The zero-order valence-corrected chi connectivity index (χ0v) is 9.66. The lowest BCUT2D eigenvalue weighted by Gasteiger charge is -2.21. The Balaban J connectivity index is 3.66. The Morgan fingerprint density at radius 1 is 1.27 bits per heavy atom. The molecule has 84 valence electrons. The highest BCUT2D eigenvalue weighted by atomic mass is 16.2.